The van der Waals surface area contributed by atoms with Gasteiger partial charge in [-0.15, -0.1) is 0 Å². The van der Waals surface area contributed by atoms with Crippen LogP contribution in [0.4, 0.5) is 0 Å². The number of phenols is 1. The molecule has 0 saturated heterocycles. The van der Waals surface area contributed by atoms with Gasteiger partial charge in [-0.1, -0.05) is 84.1 Å². The fourth-order valence-electron chi connectivity index (χ4n) is 3.85. The highest BCUT2D eigenvalue weighted by molar-refractivity contribution is 5.92. The zero-order chi connectivity index (χ0) is 28.9. The third-order valence-electron chi connectivity index (χ3n) is 6.51. The molecule has 2 atom stereocenters. The Bertz CT molecular complexity index is 966. The number of rotatable bonds is 16. The molecule has 2 unspecified atom stereocenters. The largest absolute Gasteiger partial charge is 0.507 e. The number of para-hydroxylation sites is 1. The van der Waals surface area contributed by atoms with Crippen LogP contribution in [0.15, 0.2) is 54.6 Å². The van der Waals surface area contributed by atoms with E-state index in [1.165, 1.54) is 25.0 Å². The summed E-state index contributed by atoms with van der Waals surface area (Å²) in [6, 6.07) is 14.0. The molecule has 2 rings (SSSR count). The van der Waals surface area contributed by atoms with Crippen LogP contribution in [-0.4, -0.2) is 36.9 Å². The van der Waals surface area contributed by atoms with E-state index in [2.05, 4.69) is 20.8 Å². The Kier molecular flexibility index (Phi) is 17.9. The van der Waals surface area contributed by atoms with Crippen molar-refractivity contribution in [3.8, 4) is 11.5 Å². The second-order valence-corrected chi connectivity index (χ2v) is 9.60. The van der Waals surface area contributed by atoms with E-state index in [1.54, 1.807) is 31.4 Å². The quantitative estimate of drug-likeness (QED) is 0.131. The van der Waals surface area contributed by atoms with Crippen molar-refractivity contribution in [3.05, 3.63) is 65.7 Å². The summed E-state index contributed by atoms with van der Waals surface area (Å²) in [7, 11) is 1.63. The van der Waals surface area contributed by atoms with Crippen molar-refractivity contribution in [1.82, 2.24) is 0 Å². The molecule has 2 aromatic rings. The average molecular weight is 541 g/mol. The minimum absolute atomic E-state index is 0.0223. The minimum Gasteiger partial charge on any atom is -0.507 e. The van der Waals surface area contributed by atoms with Crippen molar-refractivity contribution in [2.24, 2.45) is 5.92 Å². The number of ether oxygens (including phenoxy) is 3. The molecule has 0 spiro atoms. The van der Waals surface area contributed by atoms with Crippen molar-refractivity contribution in [2.45, 2.75) is 91.6 Å². The number of aromatic hydroxyl groups is 1. The summed E-state index contributed by atoms with van der Waals surface area (Å²) in [5, 5.41) is 9.58. The lowest BCUT2D eigenvalue weighted by atomic mass is 10.0. The highest BCUT2D eigenvalue weighted by Gasteiger charge is 2.16. The van der Waals surface area contributed by atoms with Crippen molar-refractivity contribution in [3.63, 3.8) is 0 Å². The van der Waals surface area contributed by atoms with Crippen LogP contribution in [-0.2, 0) is 14.3 Å². The van der Waals surface area contributed by atoms with Crippen molar-refractivity contribution in [2.75, 3.05) is 13.7 Å². The van der Waals surface area contributed by atoms with E-state index in [9.17, 15) is 14.7 Å². The Hall–Kier alpha value is -3.28. The summed E-state index contributed by atoms with van der Waals surface area (Å²) in [6.07, 6.45) is 12.8. The predicted octanol–water partition coefficient (Wildman–Crippen LogP) is 8.38. The highest BCUT2D eigenvalue weighted by atomic mass is 16.5. The predicted molar refractivity (Wildman–Crippen MR) is 158 cm³/mol. The van der Waals surface area contributed by atoms with Gasteiger partial charge in [0.05, 0.1) is 13.7 Å². The molecule has 0 amide bonds. The standard InChI is InChI=1S/C18H26O3.C15H22O3/c1-4-6-7-15(5-2)14-21-18(19)13-10-16-8-11-17(20-3)12-9-16;1-3-5-6-9-12(4-2)18-15(17)13-10-7-8-11-14(13)16/h8-13,15H,4-7,14H2,1-3H3;7-8,10-12,16H,3-6,9H2,1-2H3/b13-10+;. The Morgan fingerprint density at radius 2 is 1.56 bits per heavy atom. The lowest BCUT2D eigenvalue weighted by Gasteiger charge is -2.16. The number of methoxy groups -OCH3 is 1. The van der Waals surface area contributed by atoms with Gasteiger partial charge < -0.3 is 19.3 Å². The number of hydrogen-bond donors (Lipinski definition) is 1. The number of hydrogen-bond acceptors (Lipinski definition) is 6. The SMILES string of the molecule is CCCCC(CC)COC(=O)/C=C/c1ccc(OC)cc1.CCCCCC(CC)OC(=O)c1ccccc1O. The molecule has 2 aromatic carbocycles. The van der Waals surface area contributed by atoms with Crippen LogP contribution in [0.1, 0.15) is 101 Å². The van der Waals surface area contributed by atoms with Gasteiger partial charge in [0.2, 0.25) is 0 Å². The highest BCUT2D eigenvalue weighted by Crippen LogP contribution is 2.19. The normalized spacial score (nSPS) is 12.2. The second kappa shape index (κ2) is 20.7. The molecule has 0 aliphatic heterocycles. The van der Waals surface area contributed by atoms with Crippen LogP contribution in [0.3, 0.4) is 0 Å². The van der Waals surface area contributed by atoms with E-state index in [0.717, 1.165) is 56.3 Å². The first kappa shape index (κ1) is 33.7. The van der Waals surface area contributed by atoms with Gasteiger partial charge in [-0.3, -0.25) is 0 Å². The third kappa shape index (κ3) is 14.4. The van der Waals surface area contributed by atoms with Crippen LogP contribution in [0.25, 0.3) is 6.08 Å². The Morgan fingerprint density at radius 1 is 0.872 bits per heavy atom. The third-order valence-corrected chi connectivity index (χ3v) is 6.51. The monoisotopic (exact) mass is 540 g/mol. The lowest BCUT2D eigenvalue weighted by Crippen LogP contribution is -2.17. The van der Waals surface area contributed by atoms with E-state index in [4.69, 9.17) is 14.2 Å². The van der Waals surface area contributed by atoms with Gasteiger partial charge in [0, 0.05) is 6.08 Å². The van der Waals surface area contributed by atoms with E-state index in [1.807, 2.05) is 31.2 Å². The number of phenolic OH excluding ortho intramolecular Hbond substituents is 1. The van der Waals surface area contributed by atoms with Crippen molar-refractivity contribution in [1.29, 1.82) is 0 Å². The molecule has 0 aromatic heterocycles. The molecule has 39 heavy (non-hydrogen) atoms. The van der Waals surface area contributed by atoms with Crippen LogP contribution in [0.5, 0.6) is 11.5 Å². The smallest absolute Gasteiger partial charge is 0.342 e. The van der Waals surface area contributed by atoms with E-state index >= 15 is 0 Å². The summed E-state index contributed by atoms with van der Waals surface area (Å²) >= 11 is 0. The van der Waals surface area contributed by atoms with Crippen molar-refractivity contribution < 1.29 is 28.9 Å². The molecule has 1 N–H and O–H groups in total. The first-order valence-corrected chi connectivity index (χ1v) is 14.4. The van der Waals surface area contributed by atoms with Crippen LogP contribution in [0.2, 0.25) is 0 Å². The zero-order valence-corrected chi connectivity index (χ0v) is 24.5. The maximum atomic E-state index is 11.9. The fraction of sp³-hybridized carbons (Fsp3) is 0.515. The minimum atomic E-state index is -0.434. The number of benzene rings is 2. The number of carbonyl (C=O) groups is 2. The molecule has 0 heterocycles. The van der Waals surface area contributed by atoms with Crippen LogP contribution >= 0.6 is 0 Å². The summed E-state index contributed by atoms with van der Waals surface area (Å²) < 4.78 is 15.8. The number of esters is 2. The van der Waals surface area contributed by atoms with Gasteiger partial charge in [-0.2, -0.15) is 0 Å². The summed E-state index contributed by atoms with van der Waals surface area (Å²) in [5.74, 6) is 0.544. The number of carbonyl (C=O) groups excluding carboxylic acids is 2. The fourth-order valence-corrected chi connectivity index (χ4v) is 3.85. The van der Waals surface area contributed by atoms with Gasteiger partial charge in [0.25, 0.3) is 0 Å². The van der Waals surface area contributed by atoms with Gasteiger partial charge in [-0.25, -0.2) is 9.59 Å². The molecule has 6 nitrogen and oxygen atoms in total. The maximum Gasteiger partial charge on any atom is 0.342 e. The molecule has 0 bridgehead atoms. The first-order valence-electron chi connectivity index (χ1n) is 14.4. The Morgan fingerprint density at radius 3 is 2.15 bits per heavy atom. The molecule has 6 heteroatoms. The summed E-state index contributed by atoms with van der Waals surface area (Å²) in [5.41, 5.74) is 1.19. The summed E-state index contributed by atoms with van der Waals surface area (Å²) in [4.78, 5) is 23.6. The van der Waals surface area contributed by atoms with E-state index < -0.39 is 5.97 Å². The topological polar surface area (TPSA) is 82.1 Å². The molecular formula is C33H48O6. The van der Waals surface area contributed by atoms with E-state index in [0.29, 0.717) is 12.5 Å². The molecule has 0 aliphatic rings. The molecule has 0 aliphatic carbocycles. The molecule has 0 saturated carbocycles. The average Bonchev–Trinajstić information content (AvgIpc) is 2.96. The van der Waals surface area contributed by atoms with Crippen molar-refractivity contribution >= 4 is 18.0 Å². The molecular weight excluding hydrogens is 492 g/mol. The Balaban J connectivity index is 0.000000395. The molecule has 0 fully saturated rings. The molecule has 0 radical (unpaired) electrons. The first-order chi connectivity index (χ1) is 18.9. The van der Waals surface area contributed by atoms with Gasteiger partial charge in [0.15, 0.2) is 0 Å². The maximum absolute atomic E-state index is 11.9. The second-order valence-electron chi connectivity index (χ2n) is 9.60. The van der Waals surface area contributed by atoms with Crippen LogP contribution < -0.4 is 4.74 Å². The van der Waals surface area contributed by atoms with Crippen LogP contribution in [0, 0.1) is 5.92 Å². The number of unbranched alkanes of at least 4 members (excludes halogenated alkanes) is 3. The van der Waals surface area contributed by atoms with Gasteiger partial charge >= 0.3 is 11.9 Å². The van der Waals surface area contributed by atoms with E-state index in [-0.39, 0.29) is 23.4 Å². The van der Waals surface area contributed by atoms with Gasteiger partial charge in [0.1, 0.15) is 23.2 Å². The van der Waals surface area contributed by atoms with Gasteiger partial charge in [-0.05, 0) is 67.5 Å². The Labute approximate surface area is 235 Å². The molecule has 216 valence electrons. The zero-order valence-electron chi connectivity index (χ0n) is 24.5. The summed E-state index contributed by atoms with van der Waals surface area (Å²) in [6.45, 7) is 8.99. The lowest BCUT2D eigenvalue weighted by molar-refractivity contribution is -0.139.